The highest BCUT2D eigenvalue weighted by molar-refractivity contribution is 5.51. The zero-order valence-corrected chi connectivity index (χ0v) is 12.6. The SMILES string of the molecule is CN1CCN(c2ccc(CN)cc2)C(c2ccccc2)C1. The first kappa shape index (κ1) is 14.1. The van der Waals surface area contributed by atoms with Gasteiger partial charge in [-0.25, -0.2) is 0 Å². The molecule has 3 heteroatoms. The number of nitrogens with zero attached hydrogens (tertiary/aromatic N) is 2. The lowest BCUT2D eigenvalue weighted by Crippen LogP contribution is -2.46. The number of rotatable bonds is 3. The van der Waals surface area contributed by atoms with Crippen molar-refractivity contribution < 1.29 is 0 Å². The smallest absolute Gasteiger partial charge is 0.0669 e. The Balaban J connectivity index is 1.90. The van der Waals surface area contributed by atoms with Gasteiger partial charge in [-0.3, -0.25) is 0 Å². The molecule has 0 aliphatic carbocycles. The monoisotopic (exact) mass is 281 g/mol. The van der Waals surface area contributed by atoms with Gasteiger partial charge in [0.05, 0.1) is 6.04 Å². The van der Waals surface area contributed by atoms with Crippen molar-refractivity contribution in [2.75, 3.05) is 31.6 Å². The van der Waals surface area contributed by atoms with Crippen molar-refractivity contribution in [2.45, 2.75) is 12.6 Å². The van der Waals surface area contributed by atoms with Gasteiger partial charge in [0, 0.05) is 31.9 Å². The van der Waals surface area contributed by atoms with E-state index in [1.807, 2.05) is 0 Å². The normalized spacial score (nSPS) is 19.7. The number of hydrogen-bond donors (Lipinski definition) is 1. The Kier molecular flexibility index (Phi) is 4.23. The van der Waals surface area contributed by atoms with E-state index in [1.54, 1.807) is 0 Å². The first-order valence-electron chi connectivity index (χ1n) is 7.57. The van der Waals surface area contributed by atoms with E-state index in [0.29, 0.717) is 12.6 Å². The van der Waals surface area contributed by atoms with Crippen LogP contribution in [-0.4, -0.2) is 31.6 Å². The van der Waals surface area contributed by atoms with Crippen molar-refractivity contribution in [2.24, 2.45) is 5.73 Å². The number of anilines is 1. The molecule has 2 aromatic carbocycles. The van der Waals surface area contributed by atoms with Crippen molar-refractivity contribution >= 4 is 5.69 Å². The van der Waals surface area contributed by atoms with Gasteiger partial charge in [-0.15, -0.1) is 0 Å². The van der Waals surface area contributed by atoms with Gasteiger partial charge in [0.15, 0.2) is 0 Å². The second-order valence-electron chi connectivity index (χ2n) is 5.75. The summed E-state index contributed by atoms with van der Waals surface area (Å²) >= 11 is 0. The lowest BCUT2D eigenvalue weighted by molar-refractivity contribution is 0.269. The van der Waals surface area contributed by atoms with E-state index >= 15 is 0 Å². The van der Waals surface area contributed by atoms with Crippen LogP contribution in [0.25, 0.3) is 0 Å². The summed E-state index contributed by atoms with van der Waals surface area (Å²) in [6, 6.07) is 19.9. The molecule has 1 aliphatic heterocycles. The Morgan fingerprint density at radius 3 is 2.38 bits per heavy atom. The summed E-state index contributed by atoms with van der Waals surface area (Å²) < 4.78 is 0. The third kappa shape index (κ3) is 3.09. The topological polar surface area (TPSA) is 32.5 Å². The van der Waals surface area contributed by atoms with Crippen LogP contribution in [0.3, 0.4) is 0 Å². The Morgan fingerprint density at radius 2 is 1.71 bits per heavy atom. The summed E-state index contributed by atoms with van der Waals surface area (Å²) in [6.07, 6.45) is 0. The fourth-order valence-electron chi connectivity index (χ4n) is 3.01. The van der Waals surface area contributed by atoms with Crippen LogP contribution >= 0.6 is 0 Å². The van der Waals surface area contributed by atoms with E-state index in [0.717, 1.165) is 19.6 Å². The molecule has 1 aliphatic rings. The van der Waals surface area contributed by atoms with E-state index in [2.05, 4.69) is 71.4 Å². The number of hydrogen-bond acceptors (Lipinski definition) is 3. The summed E-state index contributed by atoms with van der Waals surface area (Å²) in [6.45, 7) is 3.81. The largest absolute Gasteiger partial charge is 0.362 e. The second kappa shape index (κ2) is 6.29. The van der Waals surface area contributed by atoms with Crippen LogP contribution in [0.2, 0.25) is 0 Å². The van der Waals surface area contributed by atoms with E-state index < -0.39 is 0 Å². The number of nitrogens with two attached hydrogens (primary N) is 1. The van der Waals surface area contributed by atoms with Crippen molar-refractivity contribution in [1.29, 1.82) is 0 Å². The molecule has 1 saturated heterocycles. The van der Waals surface area contributed by atoms with Gasteiger partial charge in [-0.2, -0.15) is 0 Å². The van der Waals surface area contributed by atoms with Crippen LogP contribution in [0.15, 0.2) is 54.6 Å². The average Bonchev–Trinajstić information content (AvgIpc) is 2.56. The molecule has 2 N–H and O–H groups in total. The van der Waals surface area contributed by atoms with Crippen LogP contribution in [0, 0.1) is 0 Å². The maximum absolute atomic E-state index is 5.69. The molecule has 1 heterocycles. The van der Waals surface area contributed by atoms with E-state index in [1.165, 1.54) is 16.8 Å². The Bertz CT molecular complexity index is 565. The highest BCUT2D eigenvalue weighted by Crippen LogP contribution is 2.30. The minimum Gasteiger partial charge on any atom is -0.362 e. The summed E-state index contributed by atoms with van der Waals surface area (Å²) in [4.78, 5) is 4.91. The van der Waals surface area contributed by atoms with Crippen molar-refractivity contribution in [3.05, 3.63) is 65.7 Å². The Labute approximate surface area is 127 Å². The summed E-state index contributed by atoms with van der Waals surface area (Å²) in [7, 11) is 2.20. The molecule has 0 radical (unpaired) electrons. The van der Waals surface area contributed by atoms with Gasteiger partial charge in [0.1, 0.15) is 0 Å². The van der Waals surface area contributed by atoms with Gasteiger partial charge < -0.3 is 15.5 Å². The number of piperazine rings is 1. The van der Waals surface area contributed by atoms with Crippen LogP contribution < -0.4 is 10.6 Å². The highest BCUT2D eigenvalue weighted by Gasteiger charge is 2.26. The third-order valence-electron chi connectivity index (χ3n) is 4.27. The van der Waals surface area contributed by atoms with Crippen LogP contribution in [0.5, 0.6) is 0 Å². The fourth-order valence-corrected chi connectivity index (χ4v) is 3.01. The molecule has 0 spiro atoms. The quantitative estimate of drug-likeness (QED) is 0.939. The molecule has 1 fully saturated rings. The molecule has 1 atom stereocenters. The molecule has 21 heavy (non-hydrogen) atoms. The zero-order chi connectivity index (χ0) is 14.7. The minimum absolute atomic E-state index is 0.411. The molecule has 110 valence electrons. The Morgan fingerprint density at radius 1 is 1.00 bits per heavy atom. The standard InChI is InChI=1S/C18H23N3/c1-20-11-12-21(17-9-7-15(13-19)8-10-17)18(14-20)16-5-3-2-4-6-16/h2-10,18H,11-14,19H2,1H3. The van der Waals surface area contributed by atoms with Crippen LogP contribution in [-0.2, 0) is 6.54 Å². The maximum Gasteiger partial charge on any atom is 0.0669 e. The van der Waals surface area contributed by atoms with E-state index in [9.17, 15) is 0 Å². The fraction of sp³-hybridized carbons (Fsp3) is 0.333. The van der Waals surface area contributed by atoms with Crippen LogP contribution in [0.1, 0.15) is 17.2 Å². The highest BCUT2D eigenvalue weighted by atomic mass is 15.3. The second-order valence-corrected chi connectivity index (χ2v) is 5.75. The molecule has 0 bridgehead atoms. The molecule has 0 aromatic heterocycles. The predicted molar refractivity (Wildman–Crippen MR) is 88.4 cm³/mol. The lowest BCUT2D eigenvalue weighted by Gasteiger charge is -2.42. The average molecular weight is 281 g/mol. The molecule has 0 amide bonds. The van der Waals surface area contributed by atoms with Crippen molar-refractivity contribution in [3.63, 3.8) is 0 Å². The molecule has 2 aromatic rings. The van der Waals surface area contributed by atoms with Crippen molar-refractivity contribution in [3.8, 4) is 0 Å². The van der Waals surface area contributed by atoms with Gasteiger partial charge in [0.25, 0.3) is 0 Å². The Hall–Kier alpha value is -1.84. The summed E-state index contributed by atoms with van der Waals surface area (Å²) in [5, 5.41) is 0. The lowest BCUT2D eigenvalue weighted by atomic mass is 10.0. The van der Waals surface area contributed by atoms with Gasteiger partial charge in [-0.05, 0) is 30.3 Å². The minimum atomic E-state index is 0.411. The molecule has 1 unspecified atom stereocenters. The summed E-state index contributed by atoms with van der Waals surface area (Å²) in [5.41, 5.74) is 9.55. The van der Waals surface area contributed by atoms with Crippen LogP contribution in [0.4, 0.5) is 5.69 Å². The molecule has 3 rings (SSSR count). The molecule has 0 saturated carbocycles. The third-order valence-corrected chi connectivity index (χ3v) is 4.27. The van der Waals surface area contributed by atoms with Gasteiger partial charge in [-0.1, -0.05) is 42.5 Å². The van der Waals surface area contributed by atoms with Gasteiger partial charge in [0.2, 0.25) is 0 Å². The number of benzene rings is 2. The predicted octanol–water partition coefficient (Wildman–Crippen LogP) is 2.64. The molecular weight excluding hydrogens is 258 g/mol. The molecular formula is C18H23N3. The number of likely N-dealkylation sites (N-methyl/N-ethyl adjacent to an activating group) is 1. The first-order valence-corrected chi connectivity index (χ1v) is 7.57. The van der Waals surface area contributed by atoms with E-state index in [4.69, 9.17) is 5.73 Å². The zero-order valence-electron chi connectivity index (χ0n) is 12.6. The van der Waals surface area contributed by atoms with E-state index in [-0.39, 0.29) is 0 Å². The van der Waals surface area contributed by atoms with Crippen molar-refractivity contribution in [1.82, 2.24) is 4.90 Å². The maximum atomic E-state index is 5.69. The molecule has 3 nitrogen and oxygen atoms in total. The van der Waals surface area contributed by atoms with Gasteiger partial charge >= 0.3 is 0 Å². The summed E-state index contributed by atoms with van der Waals surface area (Å²) in [5.74, 6) is 0. The first-order chi connectivity index (χ1) is 10.3.